The first-order valence-corrected chi connectivity index (χ1v) is 9.07. The zero-order valence-electron chi connectivity index (χ0n) is 14.3. The average Bonchev–Trinajstić information content (AvgIpc) is 2.64. The Bertz CT molecular complexity index is 809. The fourth-order valence-electron chi connectivity index (χ4n) is 3.32. The van der Waals surface area contributed by atoms with E-state index in [1.165, 1.54) is 0 Å². The molecule has 0 radical (unpaired) electrons. The molecule has 136 valence electrons. The molecule has 0 saturated carbocycles. The van der Waals surface area contributed by atoms with E-state index in [9.17, 15) is 14.9 Å². The summed E-state index contributed by atoms with van der Waals surface area (Å²) in [5, 5.41) is 11.7. The van der Waals surface area contributed by atoms with Crippen LogP contribution in [-0.4, -0.2) is 35.4 Å². The lowest BCUT2D eigenvalue weighted by atomic mass is 9.85. The highest BCUT2D eigenvalue weighted by molar-refractivity contribution is 9.10. The molecule has 2 atom stereocenters. The van der Waals surface area contributed by atoms with Crippen LogP contribution in [-0.2, 0) is 11.3 Å². The molecule has 1 aliphatic heterocycles. The third kappa shape index (κ3) is 3.88. The molecule has 1 fully saturated rings. The fourth-order valence-corrected chi connectivity index (χ4v) is 3.90. The van der Waals surface area contributed by atoms with Crippen LogP contribution in [0.15, 0.2) is 53.0 Å². The minimum absolute atomic E-state index is 0.0697. The van der Waals surface area contributed by atoms with Crippen LogP contribution in [0.3, 0.4) is 0 Å². The number of likely N-dealkylation sites (tertiary alicyclic amines) is 1. The van der Waals surface area contributed by atoms with Crippen LogP contribution in [0.1, 0.15) is 23.5 Å². The Morgan fingerprint density at radius 1 is 1.23 bits per heavy atom. The van der Waals surface area contributed by atoms with E-state index >= 15 is 0 Å². The number of amides is 1. The third-order valence-electron chi connectivity index (χ3n) is 4.73. The van der Waals surface area contributed by atoms with Crippen molar-refractivity contribution in [2.24, 2.45) is 0 Å². The van der Waals surface area contributed by atoms with Gasteiger partial charge in [0.2, 0.25) is 11.9 Å². The molecule has 7 heteroatoms. The van der Waals surface area contributed by atoms with E-state index in [2.05, 4.69) is 15.9 Å². The lowest BCUT2D eigenvalue weighted by Crippen LogP contribution is -2.49. The lowest BCUT2D eigenvalue weighted by Gasteiger charge is -2.34. The van der Waals surface area contributed by atoms with Gasteiger partial charge in [0.05, 0.1) is 19.6 Å². The zero-order valence-corrected chi connectivity index (χ0v) is 15.9. The van der Waals surface area contributed by atoms with Gasteiger partial charge in [-0.25, -0.2) is 0 Å². The SMILES string of the molecule is COc1ccc(CN2CC([N+](=O)[O-])[C@H](c3ccccc3Br)CC2=O)cc1. The van der Waals surface area contributed by atoms with Gasteiger partial charge in [0, 0.05) is 22.4 Å². The largest absolute Gasteiger partial charge is 0.497 e. The molecule has 1 unspecified atom stereocenters. The van der Waals surface area contributed by atoms with Crippen LogP contribution in [0.4, 0.5) is 0 Å². The molecule has 6 nitrogen and oxygen atoms in total. The van der Waals surface area contributed by atoms with Gasteiger partial charge in [-0.1, -0.05) is 46.3 Å². The molecule has 2 aromatic rings. The van der Waals surface area contributed by atoms with Gasteiger partial charge in [0.1, 0.15) is 5.75 Å². The van der Waals surface area contributed by atoms with Crippen molar-refractivity contribution in [2.75, 3.05) is 13.7 Å². The Kier molecular flexibility index (Phi) is 5.56. The van der Waals surface area contributed by atoms with Crippen molar-refractivity contribution in [3.8, 4) is 5.75 Å². The van der Waals surface area contributed by atoms with Crippen molar-refractivity contribution in [2.45, 2.75) is 24.9 Å². The average molecular weight is 419 g/mol. The summed E-state index contributed by atoms with van der Waals surface area (Å²) in [6.45, 7) is 0.458. The summed E-state index contributed by atoms with van der Waals surface area (Å²) in [6, 6.07) is 13.9. The molecule has 1 amide bonds. The smallest absolute Gasteiger partial charge is 0.237 e. The van der Waals surface area contributed by atoms with Crippen LogP contribution in [0.25, 0.3) is 0 Å². The Labute approximate surface area is 160 Å². The number of carbonyl (C=O) groups is 1. The van der Waals surface area contributed by atoms with Gasteiger partial charge in [-0.05, 0) is 29.3 Å². The number of methoxy groups -OCH3 is 1. The number of nitro groups is 1. The number of hydrogen-bond donors (Lipinski definition) is 0. The molecule has 1 aliphatic rings. The molecule has 26 heavy (non-hydrogen) atoms. The second-order valence-corrected chi connectivity index (χ2v) is 7.16. The molecule has 3 rings (SSSR count). The minimum Gasteiger partial charge on any atom is -0.497 e. The summed E-state index contributed by atoms with van der Waals surface area (Å²) in [4.78, 5) is 25.6. The molecule has 0 spiro atoms. The first kappa shape index (κ1) is 18.4. The second-order valence-electron chi connectivity index (χ2n) is 6.31. The molecule has 2 aromatic carbocycles. The summed E-state index contributed by atoms with van der Waals surface area (Å²) in [5.41, 5.74) is 1.73. The van der Waals surface area contributed by atoms with Crippen LogP contribution >= 0.6 is 15.9 Å². The number of carbonyl (C=O) groups excluding carboxylic acids is 1. The lowest BCUT2D eigenvalue weighted by molar-refractivity contribution is -0.528. The second kappa shape index (κ2) is 7.86. The summed E-state index contributed by atoms with van der Waals surface area (Å²) in [6.07, 6.45) is 0.129. The molecule has 0 aliphatic carbocycles. The van der Waals surface area contributed by atoms with Gasteiger partial charge in [-0.15, -0.1) is 0 Å². The zero-order chi connectivity index (χ0) is 18.7. The predicted octanol–water partition coefficient (Wildman–Crippen LogP) is 3.62. The van der Waals surface area contributed by atoms with Gasteiger partial charge in [0.25, 0.3) is 0 Å². The number of rotatable bonds is 5. The third-order valence-corrected chi connectivity index (χ3v) is 5.45. The van der Waals surface area contributed by atoms with Crippen molar-refractivity contribution in [1.82, 2.24) is 4.90 Å². The predicted molar refractivity (Wildman–Crippen MR) is 101 cm³/mol. The number of nitrogens with zero attached hydrogens (tertiary/aromatic N) is 2. The van der Waals surface area contributed by atoms with Crippen molar-refractivity contribution in [3.05, 3.63) is 74.2 Å². The Morgan fingerprint density at radius 2 is 1.92 bits per heavy atom. The van der Waals surface area contributed by atoms with Crippen LogP contribution < -0.4 is 4.74 Å². The maximum Gasteiger partial charge on any atom is 0.237 e. The van der Waals surface area contributed by atoms with Crippen molar-refractivity contribution in [1.29, 1.82) is 0 Å². The van der Waals surface area contributed by atoms with Gasteiger partial charge < -0.3 is 9.64 Å². The summed E-state index contributed by atoms with van der Waals surface area (Å²) >= 11 is 3.45. The van der Waals surface area contributed by atoms with Crippen LogP contribution in [0.5, 0.6) is 5.75 Å². The molecular weight excluding hydrogens is 400 g/mol. The Morgan fingerprint density at radius 3 is 2.54 bits per heavy atom. The topological polar surface area (TPSA) is 72.7 Å². The standard InChI is InChI=1S/C19H19BrN2O4/c1-26-14-8-6-13(7-9-14)11-21-12-18(22(24)25)16(10-19(21)23)15-4-2-3-5-17(15)20/h2-9,16,18H,10-12H2,1H3/t16-,18?/m0/s1. The highest BCUT2D eigenvalue weighted by Crippen LogP contribution is 2.35. The van der Waals surface area contributed by atoms with Crippen LogP contribution in [0.2, 0.25) is 0 Å². The quantitative estimate of drug-likeness (QED) is 0.548. The summed E-state index contributed by atoms with van der Waals surface area (Å²) in [5.74, 6) is 0.232. The number of benzene rings is 2. The highest BCUT2D eigenvalue weighted by Gasteiger charge is 2.42. The monoisotopic (exact) mass is 418 g/mol. The number of ether oxygens (including phenoxy) is 1. The molecular formula is C19H19BrN2O4. The maximum absolute atomic E-state index is 12.6. The van der Waals surface area contributed by atoms with E-state index in [1.807, 2.05) is 48.5 Å². The first-order valence-electron chi connectivity index (χ1n) is 8.28. The van der Waals surface area contributed by atoms with Gasteiger partial charge >= 0.3 is 0 Å². The highest BCUT2D eigenvalue weighted by atomic mass is 79.9. The molecule has 1 heterocycles. The Balaban J connectivity index is 1.80. The Hall–Kier alpha value is -2.41. The van der Waals surface area contributed by atoms with Crippen molar-refractivity contribution >= 4 is 21.8 Å². The first-order chi connectivity index (χ1) is 12.5. The van der Waals surface area contributed by atoms with Crippen molar-refractivity contribution in [3.63, 3.8) is 0 Å². The van der Waals surface area contributed by atoms with E-state index in [0.29, 0.717) is 6.54 Å². The number of piperidine rings is 1. The number of hydrogen-bond acceptors (Lipinski definition) is 4. The van der Waals surface area contributed by atoms with E-state index in [4.69, 9.17) is 4.74 Å². The van der Waals surface area contributed by atoms with Gasteiger partial charge in [0.15, 0.2) is 0 Å². The van der Waals surface area contributed by atoms with Gasteiger partial charge in [-0.2, -0.15) is 0 Å². The van der Waals surface area contributed by atoms with Crippen molar-refractivity contribution < 1.29 is 14.5 Å². The summed E-state index contributed by atoms with van der Waals surface area (Å²) < 4.78 is 5.93. The van der Waals surface area contributed by atoms with E-state index < -0.39 is 12.0 Å². The van der Waals surface area contributed by atoms with Gasteiger partial charge in [-0.3, -0.25) is 14.9 Å². The van der Waals surface area contributed by atoms with E-state index in [-0.39, 0.29) is 23.8 Å². The van der Waals surface area contributed by atoms with E-state index in [1.54, 1.807) is 12.0 Å². The maximum atomic E-state index is 12.6. The molecule has 0 N–H and O–H groups in total. The molecule has 1 saturated heterocycles. The normalized spacial score (nSPS) is 20.1. The van der Waals surface area contributed by atoms with E-state index in [0.717, 1.165) is 21.3 Å². The minimum atomic E-state index is -0.829. The number of halogens is 1. The molecule has 0 aromatic heterocycles. The summed E-state index contributed by atoms with van der Waals surface area (Å²) in [7, 11) is 1.59. The molecule has 0 bridgehead atoms. The fraction of sp³-hybridized carbons (Fsp3) is 0.316. The van der Waals surface area contributed by atoms with Crippen LogP contribution in [0, 0.1) is 10.1 Å².